The lowest BCUT2D eigenvalue weighted by molar-refractivity contribution is -0.140. The molecule has 100 valence electrons. The highest BCUT2D eigenvalue weighted by Crippen LogP contribution is 2.28. The van der Waals surface area contributed by atoms with Crippen LogP contribution in [0.2, 0.25) is 0 Å². The van der Waals surface area contributed by atoms with Gasteiger partial charge < -0.3 is 9.84 Å². The van der Waals surface area contributed by atoms with Gasteiger partial charge in [0.15, 0.2) is 0 Å². The summed E-state index contributed by atoms with van der Waals surface area (Å²) in [6, 6.07) is 7.83. The van der Waals surface area contributed by atoms with Gasteiger partial charge in [0.1, 0.15) is 11.4 Å². The third-order valence-electron chi connectivity index (χ3n) is 2.67. The first-order valence-electron chi connectivity index (χ1n) is 6.11. The van der Waals surface area contributed by atoms with E-state index in [4.69, 9.17) is 9.84 Å². The highest BCUT2D eigenvalue weighted by molar-refractivity contribution is 5.68. The van der Waals surface area contributed by atoms with Gasteiger partial charge in [-0.2, -0.15) is 0 Å². The van der Waals surface area contributed by atoms with E-state index in [-0.39, 0.29) is 11.8 Å². The molecule has 0 spiro atoms. The molecule has 1 aromatic carbocycles. The number of rotatable bonds is 4. The summed E-state index contributed by atoms with van der Waals surface area (Å²) in [5.41, 5.74) is 0.518. The minimum absolute atomic E-state index is 0.0211. The third kappa shape index (κ3) is 4.40. The third-order valence-corrected chi connectivity index (χ3v) is 2.67. The minimum atomic E-state index is -0.855. The van der Waals surface area contributed by atoms with Crippen LogP contribution in [0.1, 0.15) is 46.6 Å². The number of hydrogen-bond acceptors (Lipinski definition) is 2. The molecule has 0 aliphatic heterocycles. The van der Waals surface area contributed by atoms with Crippen LogP contribution in [-0.4, -0.2) is 16.7 Å². The molecule has 0 aliphatic rings. The van der Waals surface area contributed by atoms with E-state index >= 15 is 0 Å². The zero-order valence-electron chi connectivity index (χ0n) is 11.8. The van der Waals surface area contributed by atoms with E-state index < -0.39 is 11.6 Å². The van der Waals surface area contributed by atoms with E-state index in [0.717, 1.165) is 0 Å². The van der Waals surface area contributed by atoms with Crippen LogP contribution in [0.15, 0.2) is 24.3 Å². The van der Waals surface area contributed by atoms with Gasteiger partial charge in [0, 0.05) is 0 Å². The molecule has 0 aromatic heterocycles. The fourth-order valence-corrected chi connectivity index (χ4v) is 1.75. The van der Waals surface area contributed by atoms with E-state index in [1.165, 1.54) is 5.56 Å². The molecule has 0 bridgehead atoms. The topological polar surface area (TPSA) is 46.5 Å². The Hall–Kier alpha value is -1.51. The number of carboxylic acid groups (broad SMARTS) is 1. The Bertz CT molecular complexity index is 428. The second kappa shape index (κ2) is 5.01. The van der Waals surface area contributed by atoms with Gasteiger partial charge in [0.05, 0.1) is 6.42 Å². The van der Waals surface area contributed by atoms with Gasteiger partial charge in [-0.1, -0.05) is 32.9 Å². The lowest BCUT2D eigenvalue weighted by Gasteiger charge is -2.26. The molecular weight excluding hydrogens is 228 g/mol. The second-order valence-electron chi connectivity index (χ2n) is 6.21. The average Bonchev–Trinajstić information content (AvgIpc) is 2.13. The number of hydrogen-bond donors (Lipinski definition) is 1. The van der Waals surface area contributed by atoms with Gasteiger partial charge in [0.25, 0.3) is 0 Å². The molecule has 1 rings (SSSR count). The van der Waals surface area contributed by atoms with E-state index in [2.05, 4.69) is 26.8 Å². The highest BCUT2D eigenvalue weighted by atomic mass is 16.5. The Morgan fingerprint density at radius 3 is 2.33 bits per heavy atom. The van der Waals surface area contributed by atoms with E-state index in [0.29, 0.717) is 5.75 Å². The Morgan fingerprint density at radius 1 is 1.22 bits per heavy atom. The molecule has 1 N–H and O–H groups in total. The first-order chi connectivity index (χ1) is 8.10. The van der Waals surface area contributed by atoms with Gasteiger partial charge in [-0.3, -0.25) is 4.79 Å². The number of carbonyl (C=O) groups is 1. The molecule has 1 aromatic rings. The normalized spacial score (nSPS) is 12.3. The molecule has 0 atom stereocenters. The van der Waals surface area contributed by atoms with Gasteiger partial charge in [-0.05, 0) is 37.0 Å². The molecule has 0 heterocycles. The summed E-state index contributed by atoms with van der Waals surface area (Å²) in [6.07, 6.45) is -0.0211. The van der Waals surface area contributed by atoms with E-state index in [1.54, 1.807) is 13.8 Å². The maximum Gasteiger partial charge on any atom is 0.307 e. The Kier molecular flexibility index (Phi) is 4.05. The van der Waals surface area contributed by atoms with E-state index in [9.17, 15) is 4.79 Å². The van der Waals surface area contributed by atoms with Crippen LogP contribution >= 0.6 is 0 Å². The van der Waals surface area contributed by atoms with Crippen LogP contribution in [0, 0.1) is 0 Å². The number of benzene rings is 1. The minimum Gasteiger partial charge on any atom is -0.487 e. The first kappa shape index (κ1) is 14.6. The zero-order valence-corrected chi connectivity index (χ0v) is 11.8. The second-order valence-corrected chi connectivity index (χ2v) is 6.21. The van der Waals surface area contributed by atoms with Crippen molar-refractivity contribution in [3.05, 3.63) is 29.8 Å². The maximum atomic E-state index is 10.8. The lowest BCUT2D eigenvalue weighted by atomic mass is 9.87. The predicted molar refractivity (Wildman–Crippen MR) is 72.1 cm³/mol. The van der Waals surface area contributed by atoms with Gasteiger partial charge >= 0.3 is 5.97 Å². The molecule has 0 unspecified atom stereocenters. The van der Waals surface area contributed by atoms with Crippen molar-refractivity contribution < 1.29 is 14.6 Å². The first-order valence-corrected chi connectivity index (χ1v) is 6.11. The molecule has 0 saturated heterocycles. The molecule has 3 heteroatoms. The van der Waals surface area contributed by atoms with Crippen LogP contribution in [-0.2, 0) is 10.2 Å². The standard InChI is InChI=1S/C15H22O3/c1-14(2,3)11-7-6-8-12(9-11)18-15(4,5)10-13(16)17/h6-9H,10H2,1-5H3,(H,16,17). The Morgan fingerprint density at radius 2 is 1.83 bits per heavy atom. The van der Waals surface area contributed by atoms with Crippen molar-refractivity contribution in [3.8, 4) is 5.75 Å². The van der Waals surface area contributed by atoms with Gasteiger partial charge in [-0.25, -0.2) is 0 Å². The summed E-state index contributed by atoms with van der Waals surface area (Å²) in [5.74, 6) is -0.138. The van der Waals surface area contributed by atoms with Crippen LogP contribution in [0.25, 0.3) is 0 Å². The van der Waals surface area contributed by atoms with Crippen molar-refractivity contribution in [1.82, 2.24) is 0 Å². The van der Waals surface area contributed by atoms with Crippen LogP contribution in [0.3, 0.4) is 0 Å². The van der Waals surface area contributed by atoms with Crippen LogP contribution in [0.5, 0.6) is 5.75 Å². The summed E-state index contributed by atoms with van der Waals surface area (Å²) >= 11 is 0. The summed E-state index contributed by atoms with van der Waals surface area (Å²) in [4.78, 5) is 10.8. The molecule has 0 fully saturated rings. The van der Waals surface area contributed by atoms with Crippen molar-refractivity contribution in [2.75, 3.05) is 0 Å². The van der Waals surface area contributed by atoms with Crippen LogP contribution < -0.4 is 4.74 Å². The van der Waals surface area contributed by atoms with Crippen molar-refractivity contribution in [2.24, 2.45) is 0 Å². The monoisotopic (exact) mass is 250 g/mol. The number of carboxylic acids is 1. The van der Waals surface area contributed by atoms with Gasteiger partial charge in [0.2, 0.25) is 0 Å². The lowest BCUT2D eigenvalue weighted by Crippen LogP contribution is -2.31. The molecule has 3 nitrogen and oxygen atoms in total. The quantitative estimate of drug-likeness (QED) is 0.887. The zero-order chi connectivity index (χ0) is 14.0. The smallest absolute Gasteiger partial charge is 0.307 e. The molecule has 18 heavy (non-hydrogen) atoms. The van der Waals surface area contributed by atoms with Crippen molar-refractivity contribution in [3.63, 3.8) is 0 Å². The summed E-state index contributed by atoms with van der Waals surface area (Å²) in [6.45, 7) is 9.97. The van der Waals surface area contributed by atoms with Crippen molar-refractivity contribution in [1.29, 1.82) is 0 Å². The number of aliphatic carboxylic acids is 1. The SMILES string of the molecule is CC(C)(CC(=O)O)Oc1cccc(C(C)(C)C)c1. The van der Waals surface area contributed by atoms with Crippen molar-refractivity contribution in [2.45, 2.75) is 52.1 Å². The fourth-order valence-electron chi connectivity index (χ4n) is 1.75. The summed E-state index contributed by atoms with van der Waals surface area (Å²) < 4.78 is 5.77. The predicted octanol–water partition coefficient (Wildman–Crippen LogP) is 3.62. The Balaban J connectivity index is 2.89. The number of ether oxygens (including phenoxy) is 1. The maximum absolute atomic E-state index is 10.8. The highest BCUT2D eigenvalue weighted by Gasteiger charge is 2.24. The summed E-state index contributed by atoms with van der Waals surface area (Å²) in [7, 11) is 0. The van der Waals surface area contributed by atoms with Crippen molar-refractivity contribution >= 4 is 5.97 Å². The Labute approximate surface area is 109 Å². The molecule has 0 radical (unpaired) electrons. The fraction of sp³-hybridized carbons (Fsp3) is 0.533. The van der Waals surface area contributed by atoms with Crippen LogP contribution in [0.4, 0.5) is 0 Å². The average molecular weight is 250 g/mol. The largest absolute Gasteiger partial charge is 0.487 e. The molecule has 0 saturated carbocycles. The molecule has 0 amide bonds. The molecular formula is C15H22O3. The van der Waals surface area contributed by atoms with Gasteiger partial charge in [-0.15, -0.1) is 0 Å². The van der Waals surface area contributed by atoms with E-state index in [1.807, 2.05) is 18.2 Å². The summed E-state index contributed by atoms with van der Waals surface area (Å²) in [5, 5.41) is 8.83. The molecule has 0 aliphatic carbocycles.